The predicted octanol–water partition coefficient (Wildman–Crippen LogP) is 5.39. The third-order valence-corrected chi connectivity index (χ3v) is 8.54. The summed E-state index contributed by atoms with van der Waals surface area (Å²) in [5, 5.41) is 4.27. The number of alkyl halides is 3. The van der Waals surface area contributed by atoms with E-state index in [1.165, 1.54) is 16.7 Å². The standard InChI is InChI=1S/C30H37F3N4O3S/c1-35(2)22-13-11-21(12-14-22)34-26-9-6-10-27-25(26)18-23(37(27)20-30(31,32)33)8-7-17-40-29-16-15-24(41(5,38)39)19-28(29)36(3)4/h6,9-10,15-16,18-19,21-22,34H,11-14,17,20H2,1-5H3/t21-,22+. The van der Waals surface area contributed by atoms with Gasteiger partial charge in [0.25, 0.3) is 0 Å². The number of hydrogen-bond acceptors (Lipinski definition) is 6. The molecule has 222 valence electrons. The minimum Gasteiger partial charge on any atom is -0.479 e. The van der Waals surface area contributed by atoms with Gasteiger partial charge in [0, 0.05) is 43.5 Å². The topological polar surface area (TPSA) is 66.8 Å². The Kier molecular flexibility index (Phi) is 9.14. The van der Waals surface area contributed by atoms with Crippen molar-refractivity contribution in [2.75, 3.05) is 51.3 Å². The summed E-state index contributed by atoms with van der Waals surface area (Å²) >= 11 is 0. The molecule has 3 aromatic rings. The second kappa shape index (κ2) is 12.2. The highest BCUT2D eigenvalue weighted by Crippen LogP contribution is 2.33. The fourth-order valence-electron chi connectivity index (χ4n) is 5.26. The Bertz CT molecular complexity index is 1540. The van der Waals surface area contributed by atoms with E-state index in [1.807, 2.05) is 6.07 Å². The Morgan fingerprint density at radius 2 is 1.76 bits per heavy atom. The van der Waals surface area contributed by atoms with Crippen LogP contribution in [0.5, 0.6) is 5.75 Å². The Balaban J connectivity index is 1.58. The highest BCUT2D eigenvalue weighted by molar-refractivity contribution is 7.90. The van der Waals surface area contributed by atoms with Crippen LogP contribution in [-0.2, 0) is 16.4 Å². The van der Waals surface area contributed by atoms with E-state index in [-0.39, 0.29) is 23.2 Å². The molecule has 0 aliphatic heterocycles. The first-order valence-electron chi connectivity index (χ1n) is 13.5. The van der Waals surface area contributed by atoms with Crippen molar-refractivity contribution in [2.45, 2.75) is 55.4 Å². The lowest BCUT2D eigenvalue weighted by Gasteiger charge is -2.33. The Hall–Kier alpha value is -3.36. The molecule has 41 heavy (non-hydrogen) atoms. The summed E-state index contributed by atoms with van der Waals surface area (Å²) in [6, 6.07) is 12.4. The molecule has 1 saturated carbocycles. The molecule has 1 N–H and O–H groups in total. The minimum absolute atomic E-state index is 0.0904. The lowest BCUT2D eigenvalue weighted by atomic mass is 9.90. The molecule has 1 aliphatic carbocycles. The third-order valence-electron chi connectivity index (χ3n) is 7.43. The monoisotopic (exact) mass is 590 g/mol. The molecule has 0 bridgehead atoms. The summed E-state index contributed by atoms with van der Waals surface area (Å²) in [4.78, 5) is 4.13. The number of benzene rings is 2. The molecule has 0 amide bonds. The summed E-state index contributed by atoms with van der Waals surface area (Å²) in [6.07, 6.45) is 0.830. The second-order valence-electron chi connectivity index (χ2n) is 11.0. The molecular formula is C30H37F3N4O3S. The van der Waals surface area contributed by atoms with Crippen LogP contribution in [0, 0.1) is 11.8 Å². The van der Waals surface area contributed by atoms with E-state index >= 15 is 0 Å². The Morgan fingerprint density at radius 3 is 2.37 bits per heavy atom. The number of hydrogen-bond donors (Lipinski definition) is 1. The molecular weight excluding hydrogens is 553 g/mol. The van der Waals surface area contributed by atoms with Gasteiger partial charge in [0.15, 0.2) is 9.84 Å². The molecule has 0 atom stereocenters. The quantitative estimate of drug-likeness (QED) is 0.355. The van der Waals surface area contributed by atoms with E-state index in [0.717, 1.165) is 37.6 Å². The molecule has 0 saturated heterocycles. The van der Waals surface area contributed by atoms with Gasteiger partial charge in [0.05, 0.1) is 21.8 Å². The lowest BCUT2D eigenvalue weighted by molar-refractivity contribution is -0.140. The molecule has 1 aliphatic rings. The number of nitrogens with one attached hydrogen (secondary N) is 1. The number of nitrogens with zero attached hydrogens (tertiary/aromatic N) is 3. The fraction of sp³-hybridized carbons (Fsp3) is 0.467. The number of ether oxygens (including phenoxy) is 1. The summed E-state index contributed by atoms with van der Waals surface area (Å²) < 4.78 is 71.6. The zero-order valence-electron chi connectivity index (χ0n) is 24.0. The lowest BCUT2D eigenvalue weighted by Crippen LogP contribution is -2.36. The van der Waals surface area contributed by atoms with E-state index in [0.29, 0.717) is 28.4 Å². The Labute approximate surface area is 240 Å². The highest BCUT2D eigenvalue weighted by Gasteiger charge is 2.30. The maximum atomic E-state index is 13.6. The molecule has 0 spiro atoms. The van der Waals surface area contributed by atoms with Crippen LogP contribution in [0.2, 0.25) is 0 Å². The summed E-state index contributed by atoms with van der Waals surface area (Å²) in [5.41, 5.74) is 2.06. The van der Waals surface area contributed by atoms with Gasteiger partial charge in [0.1, 0.15) is 18.9 Å². The van der Waals surface area contributed by atoms with Crippen LogP contribution in [0.1, 0.15) is 31.4 Å². The number of sulfone groups is 1. The number of aromatic nitrogens is 1. The summed E-state index contributed by atoms with van der Waals surface area (Å²) in [6.45, 7) is -1.25. The summed E-state index contributed by atoms with van der Waals surface area (Å²) in [5.74, 6) is 6.14. The van der Waals surface area contributed by atoms with Crippen LogP contribution < -0.4 is 15.0 Å². The van der Waals surface area contributed by atoms with Crippen molar-refractivity contribution in [1.29, 1.82) is 0 Å². The average Bonchev–Trinajstić information content (AvgIpc) is 3.23. The number of rotatable bonds is 8. The molecule has 11 heteroatoms. The number of anilines is 2. The van der Waals surface area contributed by atoms with Gasteiger partial charge in [-0.05, 0) is 82.1 Å². The summed E-state index contributed by atoms with van der Waals surface area (Å²) in [7, 11) is 4.30. The highest BCUT2D eigenvalue weighted by atomic mass is 32.2. The second-order valence-corrected chi connectivity index (χ2v) is 13.0. The van der Waals surface area contributed by atoms with Gasteiger partial charge in [-0.25, -0.2) is 8.42 Å². The first-order valence-corrected chi connectivity index (χ1v) is 15.4. The van der Waals surface area contributed by atoms with E-state index in [1.54, 1.807) is 43.3 Å². The normalized spacial score (nSPS) is 17.8. The van der Waals surface area contributed by atoms with Crippen LogP contribution in [-0.4, -0.2) is 77.2 Å². The van der Waals surface area contributed by atoms with Crippen LogP contribution in [0.15, 0.2) is 47.4 Å². The predicted molar refractivity (Wildman–Crippen MR) is 158 cm³/mol. The van der Waals surface area contributed by atoms with Gasteiger partial charge in [-0.2, -0.15) is 13.2 Å². The zero-order chi connectivity index (χ0) is 29.9. The fourth-order valence-corrected chi connectivity index (χ4v) is 5.90. The molecule has 0 unspecified atom stereocenters. The van der Waals surface area contributed by atoms with Gasteiger partial charge in [-0.3, -0.25) is 0 Å². The molecule has 0 radical (unpaired) electrons. The van der Waals surface area contributed by atoms with Gasteiger partial charge >= 0.3 is 6.18 Å². The third kappa shape index (κ3) is 7.68. The largest absolute Gasteiger partial charge is 0.479 e. The van der Waals surface area contributed by atoms with Crippen molar-refractivity contribution < 1.29 is 26.3 Å². The van der Waals surface area contributed by atoms with Crippen molar-refractivity contribution in [3.8, 4) is 17.6 Å². The van der Waals surface area contributed by atoms with E-state index < -0.39 is 22.6 Å². The minimum atomic E-state index is -4.42. The van der Waals surface area contributed by atoms with Crippen LogP contribution in [0.3, 0.4) is 0 Å². The molecule has 1 aromatic heterocycles. The maximum Gasteiger partial charge on any atom is 0.406 e. The molecule has 4 rings (SSSR count). The van der Waals surface area contributed by atoms with Crippen molar-refractivity contribution in [1.82, 2.24) is 9.47 Å². The van der Waals surface area contributed by atoms with Gasteiger partial charge in [-0.15, -0.1) is 0 Å². The first-order chi connectivity index (χ1) is 19.2. The molecule has 2 aromatic carbocycles. The molecule has 1 heterocycles. The zero-order valence-corrected chi connectivity index (χ0v) is 24.9. The van der Waals surface area contributed by atoms with Crippen molar-refractivity contribution in [2.24, 2.45) is 0 Å². The van der Waals surface area contributed by atoms with E-state index in [2.05, 4.69) is 36.2 Å². The van der Waals surface area contributed by atoms with Crippen molar-refractivity contribution in [3.05, 3.63) is 48.2 Å². The molecule has 1 fully saturated rings. The van der Waals surface area contributed by atoms with Crippen molar-refractivity contribution in [3.63, 3.8) is 0 Å². The van der Waals surface area contributed by atoms with E-state index in [4.69, 9.17) is 4.74 Å². The average molecular weight is 591 g/mol. The number of fused-ring (bicyclic) bond motifs is 1. The first kappa shape index (κ1) is 30.6. The van der Waals surface area contributed by atoms with Gasteiger partial charge < -0.3 is 24.4 Å². The van der Waals surface area contributed by atoms with E-state index in [9.17, 15) is 21.6 Å². The smallest absolute Gasteiger partial charge is 0.406 e. The SMILES string of the molecule is CN(C)c1cc(S(C)(=O)=O)ccc1OCC#Cc1cc2c(N[C@H]3CC[C@@H](N(C)C)CC3)cccc2n1CC(F)(F)F. The maximum absolute atomic E-state index is 13.6. The van der Waals surface area contributed by atoms with Gasteiger partial charge in [-0.1, -0.05) is 12.0 Å². The van der Waals surface area contributed by atoms with Crippen LogP contribution >= 0.6 is 0 Å². The Morgan fingerprint density at radius 1 is 1.05 bits per heavy atom. The molecule has 7 nitrogen and oxygen atoms in total. The van der Waals surface area contributed by atoms with Crippen LogP contribution in [0.4, 0.5) is 24.5 Å². The van der Waals surface area contributed by atoms with Crippen molar-refractivity contribution >= 4 is 32.1 Å². The number of halogens is 3. The van der Waals surface area contributed by atoms with Gasteiger partial charge in [0.2, 0.25) is 0 Å². The van der Waals surface area contributed by atoms with Crippen LogP contribution in [0.25, 0.3) is 10.9 Å².